The fourth-order valence-electron chi connectivity index (χ4n) is 5.78. The quantitative estimate of drug-likeness (QED) is 0.420. The van der Waals surface area contributed by atoms with Gasteiger partial charge >= 0.3 is 18.6 Å². The fourth-order valence-corrected chi connectivity index (χ4v) is 6.73. The molecule has 0 N–H and O–H groups in total. The van der Waals surface area contributed by atoms with Crippen LogP contribution in [0.25, 0.3) is 10.9 Å². The molecule has 0 radical (unpaired) electrons. The van der Waals surface area contributed by atoms with Gasteiger partial charge in [0.25, 0.3) is 0 Å². The van der Waals surface area contributed by atoms with Gasteiger partial charge in [0.2, 0.25) is 5.91 Å². The summed E-state index contributed by atoms with van der Waals surface area (Å²) < 4.78 is 90.1. The van der Waals surface area contributed by atoms with E-state index in [4.69, 9.17) is 4.74 Å². The number of amides is 2. The molecule has 4 heterocycles. The van der Waals surface area contributed by atoms with E-state index in [-0.39, 0.29) is 42.7 Å². The van der Waals surface area contributed by atoms with Gasteiger partial charge in [-0.25, -0.2) is 9.78 Å². The van der Waals surface area contributed by atoms with Crippen LogP contribution < -0.4 is 9.64 Å². The van der Waals surface area contributed by atoms with Crippen molar-refractivity contribution in [2.45, 2.75) is 57.4 Å². The number of rotatable bonds is 4. The van der Waals surface area contributed by atoms with Crippen LogP contribution in [0.5, 0.6) is 5.75 Å². The number of alkyl halides is 6. The number of benzene rings is 1. The lowest BCUT2D eigenvalue weighted by molar-refractivity contribution is -0.274. The summed E-state index contributed by atoms with van der Waals surface area (Å²) in [5, 5.41) is 0.0966. The number of carbonyl (C=O) groups is 2. The Kier molecular flexibility index (Phi) is 8.79. The maximum absolute atomic E-state index is 13.8. The first-order valence-corrected chi connectivity index (χ1v) is 15.3. The third-order valence-corrected chi connectivity index (χ3v) is 8.69. The molecule has 3 fully saturated rings. The second kappa shape index (κ2) is 12.0. The molecule has 242 valence electrons. The first kappa shape index (κ1) is 32.3. The van der Waals surface area contributed by atoms with Gasteiger partial charge in [-0.3, -0.25) is 14.6 Å². The van der Waals surface area contributed by atoms with E-state index in [9.17, 15) is 35.9 Å². The van der Waals surface area contributed by atoms with Crippen molar-refractivity contribution in [3.05, 3.63) is 30.0 Å². The van der Waals surface area contributed by atoms with Crippen LogP contribution in [0.2, 0.25) is 0 Å². The largest absolute Gasteiger partial charge is 0.573 e. The average molecular weight is 650 g/mol. The molecule has 5 rings (SSSR count). The number of anilines is 1. The second-order valence-corrected chi connectivity index (χ2v) is 13.0. The van der Waals surface area contributed by atoms with E-state index >= 15 is 0 Å². The van der Waals surface area contributed by atoms with E-state index in [1.165, 1.54) is 17.0 Å². The minimum absolute atomic E-state index is 0.0935. The molecule has 1 aromatic carbocycles. The highest BCUT2D eigenvalue weighted by Crippen LogP contribution is 2.39. The Morgan fingerprint density at radius 1 is 1.00 bits per heavy atom. The molecule has 3 aliphatic heterocycles. The highest BCUT2D eigenvalue weighted by molar-refractivity contribution is 7.99. The van der Waals surface area contributed by atoms with Crippen LogP contribution >= 0.6 is 11.8 Å². The maximum atomic E-state index is 13.8. The molecule has 3 aliphatic rings. The van der Waals surface area contributed by atoms with Crippen LogP contribution in [0.4, 0.5) is 36.8 Å². The molecule has 2 aromatic rings. The molecule has 0 bridgehead atoms. The summed E-state index contributed by atoms with van der Waals surface area (Å²) in [5.74, 6) is 0.416. The Morgan fingerprint density at radius 3 is 2.30 bits per heavy atom. The molecule has 2 amide bonds. The van der Waals surface area contributed by atoms with Crippen molar-refractivity contribution in [1.82, 2.24) is 19.7 Å². The lowest BCUT2D eigenvalue weighted by Gasteiger charge is -2.39. The van der Waals surface area contributed by atoms with Gasteiger partial charge in [0.05, 0.1) is 5.88 Å². The summed E-state index contributed by atoms with van der Waals surface area (Å²) >= 11 is 1.64. The molecule has 0 aliphatic carbocycles. The minimum atomic E-state index is -5.11. The normalized spacial score (nSPS) is 22.2. The Hall–Kier alpha value is -3.14. The zero-order chi connectivity index (χ0) is 32.0. The number of halogens is 6. The lowest BCUT2D eigenvalue weighted by atomic mass is 10.1. The monoisotopic (exact) mass is 649 g/mol. The highest BCUT2D eigenvalue weighted by atomic mass is 32.2. The standard InChI is InChI=1S/C28H33F6N5O4S/c1-26(2,3)43-25(41)39-15-17(13-20(39)24(40)38-11-12-44-16-38)36-7-9-37(10-8-36)19-14-22(27(29,30)31)35-23-18(19)5-4-6-21(23)42-28(32,33)34/h4-6,14,17,20H,7-13,15-16H2,1-3H3/t17-,20-/m0/s1. The van der Waals surface area contributed by atoms with E-state index in [1.807, 2.05) is 0 Å². The van der Waals surface area contributed by atoms with Crippen molar-refractivity contribution < 1.29 is 45.4 Å². The average Bonchev–Trinajstić information content (AvgIpc) is 3.61. The Bertz CT molecular complexity index is 1390. The van der Waals surface area contributed by atoms with Gasteiger partial charge in [-0.2, -0.15) is 13.2 Å². The molecule has 9 nitrogen and oxygen atoms in total. The van der Waals surface area contributed by atoms with Gasteiger partial charge in [0.15, 0.2) is 5.75 Å². The summed E-state index contributed by atoms with van der Waals surface area (Å²) in [5.41, 5.74) is -2.53. The van der Waals surface area contributed by atoms with Crippen molar-refractivity contribution in [2.75, 3.05) is 55.8 Å². The number of hydrogen-bond acceptors (Lipinski definition) is 8. The molecule has 44 heavy (non-hydrogen) atoms. The number of para-hydroxylation sites is 1. The molecule has 0 unspecified atom stereocenters. The number of piperazine rings is 1. The van der Waals surface area contributed by atoms with E-state index in [2.05, 4.69) is 14.6 Å². The fraction of sp³-hybridized carbons (Fsp3) is 0.607. The number of aromatic nitrogens is 1. The number of pyridine rings is 1. The number of hydrogen-bond donors (Lipinski definition) is 0. The molecule has 0 spiro atoms. The number of carbonyl (C=O) groups excluding carboxylic acids is 2. The van der Waals surface area contributed by atoms with Crippen molar-refractivity contribution in [3.63, 3.8) is 0 Å². The molecule has 2 atom stereocenters. The predicted molar refractivity (Wildman–Crippen MR) is 151 cm³/mol. The second-order valence-electron chi connectivity index (χ2n) is 11.9. The van der Waals surface area contributed by atoms with Gasteiger partial charge in [-0.05, 0) is 39.3 Å². The smallest absolute Gasteiger partial charge is 0.444 e. The Morgan fingerprint density at radius 2 is 1.70 bits per heavy atom. The predicted octanol–water partition coefficient (Wildman–Crippen LogP) is 5.19. The van der Waals surface area contributed by atoms with Gasteiger partial charge in [-0.1, -0.05) is 12.1 Å². The highest BCUT2D eigenvalue weighted by Gasteiger charge is 2.46. The third-order valence-electron chi connectivity index (χ3n) is 7.72. The Labute approximate surface area is 254 Å². The first-order valence-electron chi connectivity index (χ1n) is 14.1. The van der Waals surface area contributed by atoms with E-state index in [0.717, 1.165) is 17.9 Å². The van der Waals surface area contributed by atoms with E-state index in [0.29, 0.717) is 31.9 Å². The summed E-state index contributed by atoms with van der Waals surface area (Å²) in [6, 6.07) is 3.57. The molecule has 1 aromatic heterocycles. The zero-order valence-corrected chi connectivity index (χ0v) is 25.2. The summed E-state index contributed by atoms with van der Waals surface area (Å²) in [4.78, 5) is 37.0. The molecular weight excluding hydrogens is 616 g/mol. The van der Waals surface area contributed by atoms with Crippen molar-refractivity contribution >= 4 is 40.4 Å². The topological polar surface area (TPSA) is 78.5 Å². The van der Waals surface area contributed by atoms with Crippen LogP contribution in [0, 0.1) is 0 Å². The summed E-state index contributed by atoms with van der Waals surface area (Å²) in [6.07, 6.45) is -10.2. The SMILES string of the molecule is CC(C)(C)OC(=O)N1C[C@@H](N2CCN(c3cc(C(F)(F)F)nc4c(OC(F)(F)F)cccc34)CC2)C[C@H]1C(=O)N1CCSC1. The number of ether oxygens (including phenoxy) is 2. The summed E-state index contributed by atoms with van der Waals surface area (Å²) in [7, 11) is 0. The van der Waals surface area contributed by atoms with Crippen LogP contribution in [-0.2, 0) is 15.7 Å². The number of nitrogens with zero attached hydrogens (tertiary/aromatic N) is 5. The summed E-state index contributed by atoms with van der Waals surface area (Å²) in [6.45, 7) is 7.37. The van der Waals surface area contributed by atoms with Crippen LogP contribution in [0.15, 0.2) is 24.3 Å². The minimum Gasteiger partial charge on any atom is -0.444 e. The van der Waals surface area contributed by atoms with Crippen LogP contribution in [0.1, 0.15) is 32.9 Å². The zero-order valence-electron chi connectivity index (χ0n) is 24.4. The number of likely N-dealkylation sites (tertiary alicyclic amines) is 1. The maximum Gasteiger partial charge on any atom is 0.573 e. The third kappa shape index (κ3) is 7.22. The molecular formula is C28H33F6N5O4S. The van der Waals surface area contributed by atoms with Crippen molar-refractivity contribution in [3.8, 4) is 5.75 Å². The molecule has 16 heteroatoms. The number of fused-ring (bicyclic) bond motifs is 1. The van der Waals surface area contributed by atoms with Crippen molar-refractivity contribution in [2.24, 2.45) is 0 Å². The molecule has 3 saturated heterocycles. The van der Waals surface area contributed by atoms with Crippen LogP contribution in [-0.4, -0.2) is 107 Å². The molecule has 0 saturated carbocycles. The van der Waals surface area contributed by atoms with Crippen LogP contribution in [0.3, 0.4) is 0 Å². The van der Waals surface area contributed by atoms with E-state index < -0.39 is 47.2 Å². The van der Waals surface area contributed by atoms with Gasteiger partial charge in [0.1, 0.15) is 22.9 Å². The van der Waals surface area contributed by atoms with Gasteiger partial charge in [0, 0.05) is 62.1 Å². The van der Waals surface area contributed by atoms with Gasteiger partial charge < -0.3 is 19.3 Å². The van der Waals surface area contributed by atoms with Gasteiger partial charge in [-0.15, -0.1) is 24.9 Å². The van der Waals surface area contributed by atoms with Crippen molar-refractivity contribution in [1.29, 1.82) is 0 Å². The lowest BCUT2D eigenvalue weighted by Crippen LogP contribution is -2.51. The first-order chi connectivity index (χ1) is 20.5. The van der Waals surface area contributed by atoms with E-state index in [1.54, 1.807) is 42.3 Å². The number of thioether (sulfide) groups is 1. The Balaban J connectivity index is 1.36.